The zero-order valence-corrected chi connectivity index (χ0v) is 11.3. The zero-order valence-electron chi connectivity index (χ0n) is 10.5. The number of benzene rings is 1. The van der Waals surface area contributed by atoms with Crippen molar-refractivity contribution < 1.29 is 9.13 Å². The molecule has 0 spiro atoms. The standard InChI is InChI=1S/C13H19ClFNO/c1-13(2,8-14)9-16-7-10-4-5-12(17-3)11(15)6-10/h4-6,16H,7-9H2,1-3H3. The summed E-state index contributed by atoms with van der Waals surface area (Å²) in [5, 5.41) is 3.27. The quantitative estimate of drug-likeness (QED) is 0.793. The van der Waals surface area contributed by atoms with Gasteiger partial charge in [0, 0.05) is 19.0 Å². The van der Waals surface area contributed by atoms with Gasteiger partial charge in [-0.05, 0) is 23.1 Å². The van der Waals surface area contributed by atoms with Crippen LogP contribution >= 0.6 is 11.6 Å². The van der Waals surface area contributed by atoms with Crippen molar-refractivity contribution in [3.05, 3.63) is 29.6 Å². The van der Waals surface area contributed by atoms with Crippen LogP contribution in [0, 0.1) is 11.2 Å². The summed E-state index contributed by atoms with van der Waals surface area (Å²) in [6.07, 6.45) is 0. The number of ether oxygens (including phenoxy) is 1. The average Bonchev–Trinajstić information content (AvgIpc) is 2.29. The molecule has 0 heterocycles. The number of hydrogen-bond donors (Lipinski definition) is 1. The molecule has 0 saturated heterocycles. The van der Waals surface area contributed by atoms with Gasteiger partial charge in [-0.1, -0.05) is 19.9 Å². The Balaban J connectivity index is 2.50. The molecule has 1 rings (SSSR count). The molecule has 0 bridgehead atoms. The van der Waals surface area contributed by atoms with E-state index in [9.17, 15) is 4.39 Å². The van der Waals surface area contributed by atoms with Crippen molar-refractivity contribution in [2.24, 2.45) is 5.41 Å². The van der Waals surface area contributed by atoms with Crippen LogP contribution in [-0.2, 0) is 6.54 Å². The summed E-state index contributed by atoms with van der Waals surface area (Å²) in [4.78, 5) is 0. The first-order valence-corrected chi connectivity index (χ1v) is 6.11. The van der Waals surface area contributed by atoms with E-state index in [0.717, 1.165) is 12.1 Å². The molecular weight excluding hydrogens is 241 g/mol. The second-order valence-electron chi connectivity index (χ2n) is 4.87. The summed E-state index contributed by atoms with van der Waals surface area (Å²) in [7, 11) is 1.46. The van der Waals surface area contributed by atoms with E-state index in [4.69, 9.17) is 16.3 Å². The summed E-state index contributed by atoms with van der Waals surface area (Å²) >= 11 is 5.82. The highest BCUT2D eigenvalue weighted by Gasteiger charge is 2.15. The Morgan fingerprint density at radius 3 is 2.65 bits per heavy atom. The van der Waals surface area contributed by atoms with Crippen molar-refractivity contribution >= 4 is 11.6 Å². The first-order valence-electron chi connectivity index (χ1n) is 5.57. The Labute approximate surface area is 107 Å². The highest BCUT2D eigenvalue weighted by Crippen LogP contribution is 2.18. The minimum Gasteiger partial charge on any atom is -0.494 e. The van der Waals surface area contributed by atoms with Crippen molar-refractivity contribution in [2.45, 2.75) is 20.4 Å². The van der Waals surface area contributed by atoms with Crippen molar-refractivity contribution in [1.82, 2.24) is 5.32 Å². The molecule has 0 aliphatic rings. The Bertz CT molecular complexity index is 368. The van der Waals surface area contributed by atoms with Crippen LogP contribution in [0.25, 0.3) is 0 Å². The fraction of sp³-hybridized carbons (Fsp3) is 0.538. The molecule has 0 unspecified atom stereocenters. The van der Waals surface area contributed by atoms with Gasteiger partial charge in [-0.3, -0.25) is 0 Å². The van der Waals surface area contributed by atoms with E-state index < -0.39 is 0 Å². The topological polar surface area (TPSA) is 21.3 Å². The van der Waals surface area contributed by atoms with Crippen LogP contribution in [0.3, 0.4) is 0 Å². The lowest BCUT2D eigenvalue weighted by Gasteiger charge is -2.21. The second-order valence-corrected chi connectivity index (χ2v) is 5.14. The second kappa shape index (κ2) is 6.22. The molecule has 1 N–H and O–H groups in total. The third kappa shape index (κ3) is 4.52. The Morgan fingerprint density at radius 2 is 2.12 bits per heavy atom. The van der Waals surface area contributed by atoms with Gasteiger partial charge in [0.1, 0.15) is 0 Å². The summed E-state index contributed by atoms with van der Waals surface area (Å²) in [6.45, 7) is 5.59. The Hall–Kier alpha value is -0.800. The molecule has 0 amide bonds. The predicted molar refractivity (Wildman–Crippen MR) is 69.2 cm³/mol. The Morgan fingerprint density at radius 1 is 1.41 bits per heavy atom. The summed E-state index contributed by atoms with van der Waals surface area (Å²) in [6, 6.07) is 4.97. The molecule has 0 saturated carbocycles. The van der Waals surface area contributed by atoms with Gasteiger partial charge in [0.15, 0.2) is 11.6 Å². The predicted octanol–water partition coefficient (Wildman–Crippen LogP) is 3.19. The van der Waals surface area contributed by atoms with Crippen LogP contribution in [0.4, 0.5) is 4.39 Å². The van der Waals surface area contributed by atoms with Gasteiger partial charge in [-0.2, -0.15) is 0 Å². The van der Waals surface area contributed by atoms with Crippen molar-refractivity contribution in [2.75, 3.05) is 19.5 Å². The van der Waals surface area contributed by atoms with Gasteiger partial charge in [0.2, 0.25) is 0 Å². The molecule has 1 aromatic carbocycles. The van der Waals surface area contributed by atoms with Gasteiger partial charge >= 0.3 is 0 Å². The first kappa shape index (κ1) is 14.3. The van der Waals surface area contributed by atoms with E-state index in [1.54, 1.807) is 6.07 Å². The molecule has 96 valence electrons. The van der Waals surface area contributed by atoms with Crippen molar-refractivity contribution in [3.8, 4) is 5.75 Å². The monoisotopic (exact) mass is 259 g/mol. The van der Waals surface area contributed by atoms with Crippen LogP contribution in [0.2, 0.25) is 0 Å². The van der Waals surface area contributed by atoms with E-state index in [0.29, 0.717) is 12.4 Å². The first-order chi connectivity index (χ1) is 7.98. The van der Waals surface area contributed by atoms with Crippen molar-refractivity contribution in [3.63, 3.8) is 0 Å². The molecule has 0 atom stereocenters. The number of alkyl halides is 1. The van der Waals surface area contributed by atoms with Gasteiger partial charge < -0.3 is 10.1 Å². The van der Waals surface area contributed by atoms with Crippen LogP contribution in [0.5, 0.6) is 5.75 Å². The molecule has 4 heteroatoms. The average molecular weight is 260 g/mol. The van der Waals surface area contributed by atoms with Gasteiger partial charge in [-0.25, -0.2) is 4.39 Å². The molecular formula is C13H19ClFNO. The lowest BCUT2D eigenvalue weighted by atomic mass is 9.96. The summed E-state index contributed by atoms with van der Waals surface area (Å²) in [5.74, 6) is 0.537. The summed E-state index contributed by atoms with van der Waals surface area (Å²) < 4.78 is 18.3. The SMILES string of the molecule is COc1ccc(CNCC(C)(C)CCl)cc1F. The molecule has 0 aliphatic heterocycles. The highest BCUT2D eigenvalue weighted by molar-refractivity contribution is 6.18. The fourth-order valence-corrected chi connectivity index (χ4v) is 1.51. The number of halogens is 2. The normalized spacial score (nSPS) is 11.6. The molecule has 1 aromatic rings. The van der Waals surface area contributed by atoms with E-state index in [1.807, 2.05) is 6.07 Å². The minimum absolute atomic E-state index is 0.0482. The molecule has 0 aliphatic carbocycles. The molecule has 0 radical (unpaired) electrons. The molecule has 17 heavy (non-hydrogen) atoms. The maximum Gasteiger partial charge on any atom is 0.165 e. The maximum absolute atomic E-state index is 13.4. The van der Waals surface area contributed by atoms with Crippen LogP contribution < -0.4 is 10.1 Å². The van der Waals surface area contributed by atoms with Gasteiger partial charge in [0.25, 0.3) is 0 Å². The number of nitrogens with one attached hydrogen (secondary N) is 1. The molecule has 0 fully saturated rings. The lowest BCUT2D eigenvalue weighted by molar-refractivity contribution is 0.381. The van der Waals surface area contributed by atoms with Crippen LogP contribution in [0.1, 0.15) is 19.4 Å². The van der Waals surface area contributed by atoms with Crippen LogP contribution in [0.15, 0.2) is 18.2 Å². The highest BCUT2D eigenvalue weighted by atomic mass is 35.5. The molecule has 0 aromatic heterocycles. The van der Waals surface area contributed by atoms with E-state index in [-0.39, 0.29) is 17.0 Å². The van der Waals surface area contributed by atoms with E-state index >= 15 is 0 Å². The van der Waals surface area contributed by atoms with E-state index in [2.05, 4.69) is 19.2 Å². The largest absolute Gasteiger partial charge is 0.494 e. The number of methoxy groups -OCH3 is 1. The van der Waals surface area contributed by atoms with E-state index in [1.165, 1.54) is 13.2 Å². The minimum atomic E-state index is -0.330. The number of hydrogen-bond acceptors (Lipinski definition) is 2. The smallest absolute Gasteiger partial charge is 0.165 e. The Kier molecular flexibility index (Phi) is 5.22. The van der Waals surface area contributed by atoms with Crippen molar-refractivity contribution in [1.29, 1.82) is 0 Å². The van der Waals surface area contributed by atoms with Crippen LogP contribution in [-0.4, -0.2) is 19.5 Å². The maximum atomic E-state index is 13.4. The third-order valence-corrected chi connectivity index (χ3v) is 3.23. The third-order valence-electron chi connectivity index (χ3n) is 2.51. The summed E-state index contributed by atoms with van der Waals surface area (Å²) in [5.41, 5.74) is 0.945. The molecule has 2 nitrogen and oxygen atoms in total. The lowest BCUT2D eigenvalue weighted by Crippen LogP contribution is -2.30. The van der Waals surface area contributed by atoms with Gasteiger partial charge in [0.05, 0.1) is 7.11 Å². The fourth-order valence-electron chi connectivity index (χ4n) is 1.41. The van der Waals surface area contributed by atoms with Gasteiger partial charge in [-0.15, -0.1) is 11.6 Å². The zero-order chi connectivity index (χ0) is 12.9. The number of rotatable bonds is 6.